The van der Waals surface area contributed by atoms with Crippen LogP contribution in [-0.4, -0.2) is 38.4 Å². The van der Waals surface area contributed by atoms with Gasteiger partial charge >= 0.3 is 0 Å². The molecule has 0 N–H and O–H groups in total. The van der Waals surface area contributed by atoms with E-state index in [0.717, 1.165) is 19.1 Å². The summed E-state index contributed by atoms with van der Waals surface area (Å²) in [6, 6.07) is 0. The Morgan fingerprint density at radius 3 is 2.40 bits per heavy atom. The lowest BCUT2D eigenvalue weighted by Crippen LogP contribution is -2.45. The molecule has 1 aliphatic heterocycles. The van der Waals surface area contributed by atoms with Crippen molar-refractivity contribution in [3.05, 3.63) is 0 Å². The third kappa shape index (κ3) is 2.58. The lowest BCUT2D eigenvalue weighted by molar-refractivity contribution is -0.128. The molecule has 88 valence electrons. The van der Waals surface area contributed by atoms with Gasteiger partial charge in [0.15, 0.2) is 15.6 Å². The van der Waals surface area contributed by atoms with Crippen molar-refractivity contribution in [1.29, 1.82) is 0 Å². The summed E-state index contributed by atoms with van der Waals surface area (Å²) in [5.74, 6) is -0.479. The monoisotopic (exact) mass is 234 g/mol. The van der Waals surface area contributed by atoms with Crippen LogP contribution in [0.5, 0.6) is 0 Å². The second kappa shape index (κ2) is 4.22. The maximum Gasteiger partial charge on any atom is 0.159 e. The molecule has 1 heterocycles. The van der Waals surface area contributed by atoms with Crippen LogP contribution in [0.2, 0.25) is 0 Å². The Balaban J connectivity index is 2.83. The third-order valence-electron chi connectivity index (χ3n) is 3.05. The zero-order valence-electron chi connectivity index (χ0n) is 9.45. The maximum absolute atomic E-state index is 12.0. The van der Waals surface area contributed by atoms with E-state index in [1.54, 1.807) is 0 Å². The lowest BCUT2D eigenvalue weighted by Gasteiger charge is -2.28. The molecule has 1 rings (SSSR count). The molecule has 0 aromatic heterocycles. The molecule has 4 nitrogen and oxygen atoms in total. The Morgan fingerprint density at radius 1 is 1.40 bits per heavy atom. The molecule has 0 spiro atoms. The molecule has 5 heteroatoms. The number of carbonyl (C=O) groups excluding carboxylic acids is 1. The fourth-order valence-electron chi connectivity index (χ4n) is 1.62. The first-order valence-electron chi connectivity index (χ1n) is 5.08. The minimum Gasteiger partial charge on any atom is -0.381 e. The summed E-state index contributed by atoms with van der Waals surface area (Å²) in [5, 5.41) is 0. The average molecular weight is 234 g/mol. The van der Waals surface area contributed by atoms with Gasteiger partial charge < -0.3 is 4.74 Å². The number of ketones is 1. The molecule has 1 fully saturated rings. The zero-order chi connectivity index (χ0) is 11.7. The van der Waals surface area contributed by atoms with Crippen molar-refractivity contribution in [2.45, 2.75) is 31.4 Å². The maximum atomic E-state index is 12.0. The minimum absolute atomic E-state index is 0.218. The number of hydrogen-bond acceptors (Lipinski definition) is 4. The predicted octanol–water partition coefficient (Wildman–Crippen LogP) is 0.805. The van der Waals surface area contributed by atoms with E-state index in [-0.39, 0.29) is 11.7 Å². The van der Waals surface area contributed by atoms with E-state index in [9.17, 15) is 13.2 Å². The van der Waals surface area contributed by atoms with Gasteiger partial charge in [0.25, 0.3) is 0 Å². The van der Waals surface area contributed by atoms with Crippen molar-refractivity contribution in [2.24, 2.45) is 5.92 Å². The fraction of sp³-hybridized carbons (Fsp3) is 0.900. The number of rotatable bonds is 3. The van der Waals surface area contributed by atoms with Crippen LogP contribution in [0.15, 0.2) is 0 Å². The van der Waals surface area contributed by atoms with Crippen LogP contribution in [0.4, 0.5) is 0 Å². The molecule has 1 atom stereocenters. The topological polar surface area (TPSA) is 60.4 Å². The Kier molecular flexibility index (Phi) is 3.55. The van der Waals surface area contributed by atoms with Gasteiger partial charge in [-0.05, 0) is 26.7 Å². The summed E-state index contributed by atoms with van der Waals surface area (Å²) >= 11 is 0. The molecule has 0 aromatic rings. The van der Waals surface area contributed by atoms with Crippen LogP contribution in [0.1, 0.15) is 26.7 Å². The molecule has 0 radical (unpaired) electrons. The van der Waals surface area contributed by atoms with Crippen molar-refractivity contribution in [1.82, 2.24) is 0 Å². The third-order valence-corrected chi connectivity index (χ3v) is 5.11. The van der Waals surface area contributed by atoms with Crippen molar-refractivity contribution < 1.29 is 17.9 Å². The van der Waals surface area contributed by atoms with Crippen molar-refractivity contribution in [3.8, 4) is 0 Å². The molecule has 0 aliphatic carbocycles. The van der Waals surface area contributed by atoms with Gasteiger partial charge in [-0.1, -0.05) is 0 Å². The number of ether oxygens (including phenoxy) is 1. The van der Waals surface area contributed by atoms with Crippen LogP contribution in [0, 0.1) is 5.92 Å². The van der Waals surface area contributed by atoms with E-state index < -0.39 is 14.6 Å². The Hall–Kier alpha value is -0.420. The van der Waals surface area contributed by atoms with Gasteiger partial charge in [-0.2, -0.15) is 0 Å². The molecule has 15 heavy (non-hydrogen) atoms. The Bertz CT molecular complexity index is 336. The highest BCUT2D eigenvalue weighted by atomic mass is 32.2. The van der Waals surface area contributed by atoms with E-state index in [0.29, 0.717) is 13.2 Å². The van der Waals surface area contributed by atoms with Crippen LogP contribution in [0.25, 0.3) is 0 Å². The first kappa shape index (κ1) is 12.6. The van der Waals surface area contributed by atoms with Gasteiger partial charge in [-0.25, -0.2) is 8.42 Å². The summed E-state index contributed by atoms with van der Waals surface area (Å²) in [5.41, 5.74) is 0. The van der Waals surface area contributed by atoms with E-state index >= 15 is 0 Å². The molecule has 0 aromatic carbocycles. The van der Waals surface area contributed by atoms with Gasteiger partial charge in [-0.15, -0.1) is 0 Å². The van der Waals surface area contributed by atoms with Crippen molar-refractivity contribution in [2.75, 3.05) is 19.5 Å². The van der Waals surface area contributed by atoms with Crippen LogP contribution in [0.3, 0.4) is 0 Å². The van der Waals surface area contributed by atoms with Gasteiger partial charge in [0.2, 0.25) is 0 Å². The lowest BCUT2D eigenvalue weighted by atomic mass is 9.90. The average Bonchev–Trinajstić information content (AvgIpc) is 2.16. The second-order valence-corrected chi connectivity index (χ2v) is 7.13. The van der Waals surface area contributed by atoms with Gasteiger partial charge in [0, 0.05) is 18.8 Å². The number of hydrogen-bond donors (Lipinski definition) is 0. The molecule has 0 amide bonds. The highest BCUT2D eigenvalue weighted by Crippen LogP contribution is 2.25. The molecular formula is C10H18O4S. The zero-order valence-corrected chi connectivity index (χ0v) is 10.3. The Morgan fingerprint density at radius 2 is 2.00 bits per heavy atom. The number of carbonyl (C=O) groups is 1. The normalized spacial score (nSPS) is 23.8. The van der Waals surface area contributed by atoms with E-state index in [1.807, 2.05) is 0 Å². The minimum atomic E-state index is -3.36. The van der Waals surface area contributed by atoms with E-state index in [2.05, 4.69) is 0 Å². The predicted molar refractivity (Wildman–Crippen MR) is 57.5 cm³/mol. The summed E-state index contributed by atoms with van der Waals surface area (Å²) in [7, 11) is -3.36. The van der Waals surface area contributed by atoms with Crippen LogP contribution < -0.4 is 0 Å². The van der Waals surface area contributed by atoms with Gasteiger partial charge in [0.1, 0.15) is 4.75 Å². The summed E-state index contributed by atoms with van der Waals surface area (Å²) < 4.78 is 26.9. The summed E-state index contributed by atoms with van der Waals surface area (Å²) in [6.07, 6.45) is 2.67. The number of Topliss-reactive ketones (excluding diaryl/α,β-unsaturated/α-hetero) is 1. The summed E-state index contributed by atoms with van der Waals surface area (Å²) in [6.45, 7) is 3.97. The second-order valence-electron chi connectivity index (χ2n) is 4.56. The molecule has 1 saturated heterocycles. The quantitative estimate of drug-likeness (QED) is 0.725. The molecule has 0 saturated carbocycles. The van der Waals surface area contributed by atoms with E-state index in [1.165, 1.54) is 13.8 Å². The highest BCUT2D eigenvalue weighted by molar-refractivity contribution is 7.92. The highest BCUT2D eigenvalue weighted by Gasteiger charge is 2.42. The van der Waals surface area contributed by atoms with Gasteiger partial charge in [0.05, 0.1) is 6.61 Å². The Labute approximate surface area is 90.9 Å². The largest absolute Gasteiger partial charge is 0.381 e. The first-order chi connectivity index (χ1) is 6.77. The molecular weight excluding hydrogens is 216 g/mol. The number of sulfone groups is 1. The first-order valence-corrected chi connectivity index (χ1v) is 6.97. The van der Waals surface area contributed by atoms with E-state index in [4.69, 9.17) is 4.74 Å². The standard InChI is InChI=1S/C10H18O4S/c1-10(2,15(3,12)13)9(11)8-5-4-6-14-7-8/h8H,4-7H2,1-3H3. The van der Waals surface area contributed by atoms with Crippen LogP contribution in [-0.2, 0) is 19.4 Å². The molecule has 1 unspecified atom stereocenters. The smallest absolute Gasteiger partial charge is 0.159 e. The van der Waals surface area contributed by atoms with Crippen LogP contribution >= 0.6 is 0 Å². The SMILES string of the molecule is CC(C)(C(=O)C1CCCOC1)S(C)(=O)=O. The molecule has 1 aliphatic rings. The van der Waals surface area contributed by atoms with Gasteiger partial charge in [-0.3, -0.25) is 4.79 Å². The molecule has 0 bridgehead atoms. The van der Waals surface area contributed by atoms with Crippen molar-refractivity contribution in [3.63, 3.8) is 0 Å². The summed E-state index contributed by atoms with van der Waals surface area (Å²) in [4.78, 5) is 12.0. The van der Waals surface area contributed by atoms with Crippen molar-refractivity contribution >= 4 is 15.6 Å². The fourth-order valence-corrected chi connectivity index (χ4v) is 2.15.